The van der Waals surface area contributed by atoms with Gasteiger partial charge < -0.3 is 11.1 Å². The number of amides is 1. The molecule has 4 heteroatoms. The molecule has 3 nitrogen and oxygen atoms in total. The van der Waals surface area contributed by atoms with Crippen molar-refractivity contribution in [3.8, 4) is 0 Å². The van der Waals surface area contributed by atoms with Crippen molar-refractivity contribution in [2.75, 3.05) is 5.73 Å². The Hall–Kier alpha value is -2.36. The van der Waals surface area contributed by atoms with Crippen LogP contribution in [-0.2, 0) is 6.54 Å². The summed E-state index contributed by atoms with van der Waals surface area (Å²) in [5.74, 6) is -0.900. The number of hydrogen-bond donors (Lipinski definition) is 2. The van der Waals surface area contributed by atoms with E-state index in [0.717, 1.165) is 17.2 Å². The maximum absolute atomic E-state index is 13.2. The van der Waals surface area contributed by atoms with Crippen LogP contribution in [0.2, 0.25) is 0 Å². The predicted molar refractivity (Wildman–Crippen MR) is 73.2 cm³/mol. The number of benzene rings is 2. The van der Waals surface area contributed by atoms with E-state index in [1.807, 2.05) is 31.2 Å². The van der Waals surface area contributed by atoms with Gasteiger partial charge in [0.05, 0.1) is 5.69 Å². The number of halogens is 1. The lowest BCUT2D eigenvalue weighted by Gasteiger charge is -2.06. The lowest BCUT2D eigenvalue weighted by Crippen LogP contribution is -2.22. The van der Waals surface area contributed by atoms with Crippen LogP contribution in [0.1, 0.15) is 21.5 Å². The highest BCUT2D eigenvalue weighted by atomic mass is 19.1. The van der Waals surface area contributed by atoms with Crippen LogP contribution in [0.25, 0.3) is 0 Å². The molecule has 19 heavy (non-hydrogen) atoms. The lowest BCUT2D eigenvalue weighted by atomic mass is 10.1. The van der Waals surface area contributed by atoms with E-state index in [1.54, 1.807) is 0 Å². The largest absolute Gasteiger partial charge is 0.396 e. The van der Waals surface area contributed by atoms with Crippen LogP contribution < -0.4 is 11.1 Å². The number of anilines is 1. The molecule has 0 unspecified atom stereocenters. The molecule has 0 aromatic heterocycles. The van der Waals surface area contributed by atoms with Gasteiger partial charge in [0.1, 0.15) is 5.82 Å². The van der Waals surface area contributed by atoms with E-state index in [-0.39, 0.29) is 17.2 Å². The zero-order valence-corrected chi connectivity index (χ0v) is 10.6. The smallest absolute Gasteiger partial charge is 0.251 e. The standard InChI is InChI=1S/C15H15FN2O/c1-10-2-4-11(5-3-10)9-18-15(19)12-6-7-14(17)13(16)8-12/h2-8H,9,17H2,1H3,(H,18,19). The molecule has 2 aromatic carbocycles. The molecular formula is C15H15FN2O. The van der Waals surface area contributed by atoms with Crippen LogP contribution in [0.5, 0.6) is 0 Å². The number of nitrogens with one attached hydrogen (secondary N) is 1. The minimum absolute atomic E-state index is 0.0371. The normalized spacial score (nSPS) is 10.2. The van der Waals surface area contributed by atoms with Gasteiger partial charge in [0.15, 0.2) is 0 Å². The zero-order valence-electron chi connectivity index (χ0n) is 10.6. The van der Waals surface area contributed by atoms with Crippen LogP contribution in [-0.4, -0.2) is 5.91 Å². The van der Waals surface area contributed by atoms with Gasteiger partial charge in [-0.25, -0.2) is 4.39 Å². The molecule has 1 amide bonds. The molecule has 0 aliphatic rings. The Bertz CT molecular complexity index is 594. The summed E-state index contributed by atoms with van der Waals surface area (Å²) < 4.78 is 13.2. The number of nitrogens with two attached hydrogens (primary N) is 1. The monoisotopic (exact) mass is 258 g/mol. The molecule has 0 aliphatic carbocycles. The van der Waals surface area contributed by atoms with E-state index in [1.165, 1.54) is 12.1 Å². The molecular weight excluding hydrogens is 243 g/mol. The first-order valence-corrected chi connectivity index (χ1v) is 5.95. The molecule has 0 radical (unpaired) electrons. The van der Waals surface area contributed by atoms with E-state index >= 15 is 0 Å². The van der Waals surface area contributed by atoms with Gasteiger partial charge in [0.25, 0.3) is 5.91 Å². The fourth-order valence-corrected chi connectivity index (χ4v) is 1.66. The Balaban J connectivity index is 2.01. The number of carbonyl (C=O) groups is 1. The maximum atomic E-state index is 13.2. The van der Waals surface area contributed by atoms with E-state index in [4.69, 9.17) is 5.73 Å². The Morgan fingerprint density at radius 3 is 2.53 bits per heavy atom. The summed E-state index contributed by atoms with van der Waals surface area (Å²) in [6.45, 7) is 2.41. The van der Waals surface area contributed by atoms with Crippen LogP contribution in [0, 0.1) is 12.7 Å². The van der Waals surface area contributed by atoms with Gasteiger partial charge in [-0.15, -0.1) is 0 Å². The first-order chi connectivity index (χ1) is 9.06. The van der Waals surface area contributed by atoms with Gasteiger partial charge in [0, 0.05) is 12.1 Å². The maximum Gasteiger partial charge on any atom is 0.251 e. The topological polar surface area (TPSA) is 55.1 Å². The molecule has 0 aliphatic heterocycles. The second kappa shape index (κ2) is 5.52. The van der Waals surface area contributed by atoms with Crippen molar-refractivity contribution in [1.82, 2.24) is 5.32 Å². The second-order valence-corrected chi connectivity index (χ2v) is 4.40. The summed E-state index contributed by atoms with van der Waals surface area (Å²) >= 11 is 0. The molecule has 3 N–H and O–H groups in total. The van der Waals surface area contributed by atoms with E-state index in [2.05, 4.69) is 5.32 Å². The average Bonchev–Trinajstić information content (AvgIpc) is 2.41. The fraction of sp³-hybridized carbons (Fsp3) is 0.133. The van der Waals surface area contributed by atoms with Crippen molar-refractivity contribution in [1.29, 1.82) is 0 Å². The van der Waals surface area contributed by atoms with Gasteiger partial charge in [-0.05, 0) is 30.7 Å². The van der Waals surface area contributed by atoms with Gasteiger partial charge in [-0.3, -0.25) is 4.79 Å². The average molecular weight is 258 g/mol. The summed E-state index contributed by atoms with van der Waals surface area (Å²) in [6.07, 6.45) is 0. The molecule has 0 fully saturated rings. The van der Waals surface area contributed by atoms with Crippen molar-refractivity contribution >= 4 is 11.6 Å². The van der Waals surface area contributed by atoms with E-state index in [0.29, 0.717) is 6.54 Å². The number of rotatable bonds is 3. The number of aryl methyl sites for hydroxylation is 1. The molecule has 0 atom stereocenters. The van der Waals surface area contributed by atoms with E-state index < -0.39 is 5.82 Å². The number of carbonyl (C=O) groups excluding carboxylic acids is 1. The van der Waals surface area contributed by atoms with Crippen LogP contribution in [0.4, 0.5) is 10.1 Å². The highest BCUT2D eigenvalue weighted by molar-refractivity contribution is 5.94. The molecule has 0 spiro atoms. The molecule has 98 valence electrons. The SMILES string of the molecule is Cc1ccc(CNC(=O)c2ccc(N)c(F)c2)cc1. The Morgan fingerprint density at radius 2 is 1.89 bits per heavy atom. The minimum Gasteiger partial charge on any atom is -0.396 e. The van der Waals surface area contributed by atoms with Gasteiger partial charge in [-0.1, -0.05) is 29.8 Å². The highest BCUT2D eigenvalue weighted by Crippen LogP contribution is 2.12. The zero-order chi connectivity index (χ0) is 13.8. The predicted octanol–water partition coefficient (Wildman–Crippen LogP) is 2.65. The van der Waals surface area contributed by atoms with Crippen molar-refractivity contribution < 1.29 is 9.18 Å². The molecule has 0 saturated carbocycles. The summed E-state index contributed by atoms with van der Waals surface area (Å²) in [5, 5.41) is 2.73. The van der Waals surface area contributed by atoms with Crippen molar-refractivity contribution in [3.63, 3.8) is 0 Å². The highest BCUT2D eigenvalue weighted by Gasteiger charge is 2.08. The fourth-order valence-electron chi connectivity index (χ4n) is 1.66. The van der Waals surface area contributed by atoms with Crippen molar-refractivity contribution in [2.24, 2.45) is 0 Å². The van der Waals surface area contributed by atoms with Crippen molar-refractivity contribution in [2.45, 2.75) is 13.5 Å². The Kier molecular flexibility index (Phi) is 3.80. The van der Waals surface area contributed by atoms with Crippen LogP contribution >= 0.6 is 0 Å². The summed E-state index contributed by atoms with van der Waals surface area (Å²) in [7, 11) is 0. The van der Waals surface area contributed by atoms with Crippen molar-refractivity contribution in [3.05, 3.63) is 65.0 Å². The molecule has 0 saturated heterocycles. The van der Waals surface area contributed by atoms with Crippen LogP contribution in [0.15, 0.2) is 42.5 Å². The van der Waals surface area contributed by atoms with Gasteiger partial charge in [-0.2, -0.15) is 0 Å². The Labute approximate surface area is 111 Å². The summed E-state index contributed by atoms with van der Waals surface area (Å²) in [5.41, 5.74) is 7.82. The minimum atomic E-state index is -0.581. The van der Waals surface area contributed by atoms with Gasteiger partial charge in [0.2, 0.25) is 0 Å². The third-order valence-electron chi connectivity index (χ3n) is 2.84. The molecule has 0 bridgehead atoms. The molecule has 0 heterocycles. The number of nitrogen functional groups attached to an aromatic ring is 1. The first-order valence-electron chi connectivity index (χ1n) is 5.95. The Morgan fingerprint density at radius 1 is 1.21 bits per heavy atom. The first kappa shape index (κ1) is 13.1. The number of hydrogen-bond acceptors (Lipinski definition) is 2. The summed E-state index contributed by atoms with van der Waals surface area (Å²) in [6, 6.07) is 11.9. The molecule has 2 aromatic rings. The summed E-state index contributed by atoms with van der Waals surface area (Å²) in [4.78, 5) is 11.8. The quantitative estimate of drug-likeness (QED) is 0.831. The third kappa shape index (κ3) is 3.31. The lowest BCUT2D eigenvalue weighted by molar-refractivity contribution is 0.0950. The van der Waals surface area contributed by atoms with E-state index in [9.17, 15) is 9.18 Å². The second-order valence-electron chi connectivity index (χ2n) is 4.40. The third-order valence-corrected chi connectivity index (χ3v) is 2.84. The van der Waals surface area contributed by atoms with Crippen LogP contribution in [0.3, 0.4) is 0 Å². The molecule has 2 rings (SSSR count). The van der Waals surface area contributed by atoms with Gasteiger partial charge >= 0.3 is 0 Å².